The molecule has 2 aromatic carbocycles. The van der Waals surface area contributed by atoms with E-state index in [0.717, 1.165) is 16.6 Å². The zero-order chi connectivity index (χ0) is 14.2. The van der Waals surface area contributed by atoms with Crippen molar-refractivity contribution in [1.82, 2.24) is 9.97 Å². The normalized spacial score (nSPS) is 11.7. The predicted molar refractivity (Wildman–Crippen MR) is 74.8 cm³/mol. The lowest BCUT2D eigenvalue weighted by molar-refractivity contribution is 0.483. The minimum atomic E-state index is -4.17. The Hall–Kier alpha value is -2.31. The lowest BCUT2D eigenvalue weighted by Crippen LogP contribution is -1.97. The average Bonchev–Trinajstić information content (AvgIpc) is 2.46. The molecule has 3 aromatic rings. The molecule has 3 rings (SSSR count). The molecule has 1 N–H and O–H groups in total. The van der Waals surface area contributed by atoms with Gasteiger partial charge in [0.1, 0.15) is 0 Å². The first-order valence-electron chi connectivity index (χ1n) is 5.84. The zero-order valence-corrected chi connectivity index (χ0v) is 11.1. The SMILES string of the molecule is O=S(=O)(O)c1ccc(-c2cnc3ccccc3n2)cc1. The van der Waals surface area contributed by atoms with Gasteiger partial charge in [-0.15, -0.1) is 0 Å². The van der Waals surface area contributed by atoms with Crippen LogP contribution in [0, 0.1) is 0 Å². The van der Waals surface area contributed by atoms with E-state index in [9.17, 15) is 8.42 Å². The number of rotatable bonds is 2. The summed E-state index contributed by atoms with van der Waals surface area (Å²) >= 11 is 0. The molecule has 0 aliphatic rings. The average molecular weight is 286 g/mol. The van der Waals surface area contributed by atoms with Crippen LogP contribution in [0.1, 0.15) is 0 Å². The van der Waals surface area contributed by atoms with Crippen molar-refractivity contribution in [1.29, 1.82) is 0 Å². The molecule has 1 heterocycles. The lowest BCUT2D eigenvalue weighted by Gasteiger charge is -2.03. The second kappa shape index (κ2) is 4.66. The highest BCUT2D eigenvalue weighted by atomic mass is 32.2. The van der Waals surface area contributed by atoms with Gasteiger partial charge in [0.25, 0.3) is 10.1 Å². The molecular weight excluding hydrogens is 276 g/mol. The van der Waals surface area contributed by atoms with Crippen molar-refractivity contribution in [3.05, 3.63) is 54.7 Å². The molecule has 0 fully saturated rings. The van der Waals surface area contributed by atoms with Crippen LogP contribution in [0.25, 0.3) is 22.3 Å². The molecule has 5 nitrogen and oxygen atoms in total. The summed E-state index contributed by atoms with van der Waals surface area (Å²) in [7, 11) is -4.17. The minimum absolute atomic E-state index is 0.144. The molecule has 100 valence electrons. The maximum Gasteiger partial charge on any atom is 0.294 e. The number of para-hydroxylation sites is 2. The molecule has 0 aliphatic carbocycles. The van der Waals surface area contributed by atoms with Crippen molar-refractivity contribution >= 4 is 21.2 Å². The smallest absolute Gasteiger partial charge is 0.282 e. The first-order chi connectivity index (χ1) is 9.54. The van der Waals surface area contributed by atoms with Gasteiger partial charge in [0.15, 0.2) is 0 Å². The largest absolute Gasteiger partial charge is 0.294 e. The molecule has 0 atom stereocenters. The summed E-state index contributed by atoms with van der Waals surface area (Å²) in [5.74, 6) is 0. The topological polar surface area (TPSA) is 80.2 Å². The van der Waals surface area contributed by atoms with Crippen molar-refractivity contribution in [2.75, 3.05) is 0 Å². The number of nitrogens with zero attached hydrogens (tertiary/aromatic N) is 2. The molecule has 1 aromatic heterocycles. The third-order valence-corrected chi connectivity index (χ3v) is 3.76. The Kier molecular flexibility index (Phi) is 2.96. The molecule has 0 amide bonds. The summed E-state index contributed by atoms with van der Waals surface area (Å²) in [4.78, 5) is 8.62. The summed E-state index contributed by atoms with van der Waals surface area (Å²) in [6.07, 6.45) is 1.63. The molecular formula is C14H10N2O3S. The van der Waals surface area contributed by atoms with Gasteiger partial charge in [-0.25, -0.2) is 4.98 Å². The van der Waals surface area contributed by atoms with Crippen LogP contribution >= 0.6 is 0 Å². The van der Waals surface area contributed by atoms with Crippen LogP contribution < -0.4 is 0 Å². The first-order valence-corrected chi connectivity index (χ1v) is 7.28. The van der Waals surface area contributed by atoms with Crippen molar-refractivity contribution in [3.63, 3.8) is 0 Å². The van der Waals surface area contributed by atoms with Gasteiger partial charge in [-0.1, -0.05) is 24.3 Å². The number of hydrogen-bond acceptors (Lipinski definition) is 4. The van der Waals surface area contributed by atoms with Crippen LogP contribution in [-0.2, 0) is 10.1 Å². The van der Waals surface area contributed by atoms with Crippen molar-refractivity contribution in [3.8, 4) is 11.3 Å². The minimum Gasteiger partial charge on any atom is -0.282 e. The molecule has 20 heavy (non-hydrogen) atoms. The van der Waals surface area contributed by atoms with E-state index < -0.39 is 10.1 Å². The van der Waals surface area contributed by atoms with E-state index >= 15 is 0 Å². The molecule has 0 unspecified atom stereocenters. The maximum absolute atomic E-state index is 11.0. The third kappa shape index (κ3) is 2.38. The van der Waals surface area contributed by atoms with Crippen LogP contribution in [0.4, 0.5) is 0 Å². The van der Waals surface area contributed by atoms with E-state index in [4.69, 9.17) is 4.55 Å². The van der Waals surface area contributed by atoms with E-state index in [1.54, 1.807) is 18.3 Å². The van der Waals surface area contributed by atoms with Crippen LogP contribution in [0.2, 0.25) is 0 Å². The predicted octanol–water partition coefficient (Wildman–Crippen LogP) is 2.54. The Bertz CT molecular complexity index is 874. The standard InChI is InChI=1S/C14H10N2O3S/c17-20(18,19)11-7-5-10(6-8-11)14-9-15-12-3-1-2-4-13(12)16-14/h1-9H,(H,17,18,19). The number of benzene rings is 2. The molecule has 0 radical (unpaired) electrons. The number of fused-ring (bicyclic) bond motifs is 1. The second-order valence-electron chi connectivity index (χ2n) is 4.24. The van der Waals surface area contributed by atoms with E-state index in [1.165, 1.54) is 12.1 Å². The van der Waals surface area contributed by atoms with Gasteiger partial charge in [0.05, 0.1) is 27.8 Å². The quantitative estimate of drug-likeness (QED) is 0.732. The highest BCUT2D eigenvalue weighted by Crippen LogP contribution is 2.20. The molecule has 0 spiro atoms. The monoisotopic (exact) mass is 286 g/mol. The molecule has 0 bridgehead atoms. The van der Waals surface area contributed by atoms with E-state index in [2.05, 4.69) is 9.97 Å². The number of aromatic nitrogens is 2. The van der Waals surface area contributed by atoms with Crippen molar-refractivity contribution in [2.45, 2.75) is 4.90 Å². The number of hydrogen-bond donors (Lipinski definition) is 1. The third-order valence-electron chi connectivity index (χ3n) is 2.90. The second-order valence-corrected chi connectivity index (χ2v) is 5.66. The Morgan fingerprint density at radius 3 is 2.20 bits per heavy atom. The Balaban J connectivity index is 2.07. The van der Waals surface area contributed by atoms with Crippen LogP contribution in [0.5, 0.6) is 0 Å². The summed E-state index contributed by atoms with van der Waals surface area (Å²) in [6.45, 7) is 0. The molecule has 6 heteroatoms. The van der Waals surface area contributed by atoms with Gasteiger partial charge < -0.3 is 0 Å². The summed E-state index contributed by atoms with van der Waals surface area (Å²) in [6, 6.07) is 13.3. The molecule has 0 aliphatic heterocycles. The van der Waals surface area contributed by atoms with Crippen LogP contribution in [-0.4, -0.2) is 22.9 Å². The van der Waals surface area contributed by atoms with E-state index in [1.807, 2.05) is 24.3 Å². The van der Waals surface area contributed by atoms with Gasteiger partial charge >= 0.3 is 0 Å². The Morgan fingerprint density at radius 2 is 1.55 bits per heavy atom. The highest BCUT2D eigenvalue weighted by Gasteiger charge is 2.09. The lowest BCUT2D eigenvalue weighted by atomic mass is 10.1. The van der Waals surface area contributed by atoms with Gasteiger partial charge in [-0.05, 0) is 24.3 Å². The van der Waals surface area contributed by atoms with Crippen molar-refractivity contribution < 1.29 is 13.0 Å². The van der Waals surface area contributed by atoms with Gasteiger partial charge in [-0.3, -0.25) is 9.54 Å². The summed E-state index contributed by atoms with van der Waals surface area (Å²) < 4.78 is 30.9. The molecule has 0 saturated heterocycles. The van der Waals surface area contributed by atoms with Gasteiger partial charge in [0.2, 0.25) is 0 Å². The van der Waals surface area contributed by atoms with Gasteiger partial charge in [0, 0.05) is 5.56 Å². The zero-order valence-electron chi connectivity index (χ0n) is 10.3. The summed E-state index contributed by atoms with van der Waals surface area (Å²) in [5.41, 5.74) is 2.94. The molecule has 0 saturated carbocycles. The van der Waals surface area contributed by atoms with Crippen LogP contribution in [0.3, 0.4) is 0 Å². The van der Waals surface area contributed by atoms with Crippen molar-refractivity contribution in [2.24, 2.45) is 0 Å². The summed E-state index contributed by atoms with van der Waals surface area (Å²) in [5, 5.41) is 0. The van der Waals surface area contributed by atoms with E-state index in [0.29, 0.717) is 5.69 Å². The fraction of sp³-hybridized carbons (Fsp3) is 0. The first kappa shape index (κ1) is 12.7. The Labute approximate surface area is 115 Å². The fourth-order valence-electron chi connectivity index (χ4n) is 1.89. The van der Waals surface area contributed by atoms with E-state index in [-0.39, 0.29) is 4.90 Å². The Morgan fingerprint density at radius 1 is 0.900 bits per heavy atom. The maximum atomic E-state index is 11.0. The van der Waals surface area contributed by atoms with Gasteiger partial charge in [-0.2, -0.15) is 8.42 Å². The van der Waals surface area contributed by atoms with Crippen LogP contribution in [0.15, 0.2) is 59.6 Å². The fourth-order valence-corrected chi connectivity index (χ4v) is 2.37. The highest BCUT2D eigenvalue weighted by molar-refractivity contribution is 7.85.